The third-order valence-electron chi connectivity index (χ3n) is 4.47. The Morgan fingerprint density at radius 3 is 2.72 bits per heavy atom. The summed E-state index contributed by atoms with van der Waals surface area (Å²) in [7, 11) is 0. The Morgan fingerprint density at radius 2 is 1.97 bits per heavy atom. The Bertz CT molecular complexity index is 1020. The second kappa shape index (κ2) is 9.94. The maximum absolute atomic E-state index is 12.5. The summed E-state index contributed by atoms with van der Waals surface area (Å²) >= 11 is 0. The van der Waals surface area contributed by atoms with E-state index in [0.717, 1.165) is 17.0 Å². The van der Waals surface area contributed by atoms with Crippen molar-refractivity contribution in [2.24, 2.45) is 5.73 Å². The lowest BCUT2D eigenvalue weighted by Gasteiger charge is -2.12. The number of carbonyl (C=O) groups excluding carboxylic acids is 2. The molecule has 0 radical (unpaired) electrons. The standard InChI is InChI=1S/C19H23N7O2.ClH/c1-12-14(13(2)26-19(24-12)22-11-23-26)7-8-17(27)25-16-6-4-3-5-15(16)18(28)21-10-9-20;/h3-6,11H,7-10,20H2,1-2H3,(H,21,28)(H,25,27);1H. The molecule has 0 unspecified atom stereocenters. The first-order chi connectivity index (χ1) is 13.5. The molecule has 9 nitrogen and oxygen atoms in total. The topological polar surface area (TPSA) is 127 Å². The number of benzene rings is 1. The Labute approximate surface area is 174 Å². The first kappa shape index (κ1) is 22.3. The van der Waals surface area contributed by atoms with Crippen LogP contribution in [-0.2, 0) is 11.2 Å². The number of aromatic nitrogens is 4. The van der Waals surface area contributed by atoms with Gasteiger partial charge in [-0.3, -0.25) is 9.59 Å². The Morgan fingerprint density at radius 1 is 1.21 bits per heavy atom. The fraction of sp³-hybridized carbons (Fsp3) is 0.316. The molecule has 2 heterocycles. The number of hydrogen-bond donors (Lipinski definition) is 3. The number of aryl methyl sites for hydroxylation is 2. The highest BCUT2D eigenvalue weighted by molar-refractivity contribution is 6.03. The summed E-state index contributed by atoms with van der Waals surface area (Å²) in [5, 5.41) is 9.69. The van der Waals surface area contributed by atoms with Crippen LogP contribution in [0, 0.1) is 13.8 Å². The molecule has 0 saturated carbocycles. The number of para-hydroxylation sites is 1. The van der Waals surface area contributed by atoms with Gasteiger partial charge in [0.1, 0.15) is 6.33 Å². The van der Waals surface area contributed by atoms with Crippen LogP contribution < -0.4 is 16.4 Å². The zero-order valence-corrected chi connectivity index (χ0v) is 17.1. The Hall–Kier alpha value is -3.04. The van der Waals surface area contributed by atoms with Crippen LogP contribution in [0.4, 0.5) is 5.69 Å². The molecule has 3 rings (SSSR count). The third kappa shape index (κ3) is 5.07. The zero-order valence-electron chi connectivity index (χ0n) is 16.3. The van der Waals surface area contributed by atoms with Crippen molar-refractivity contribution in [2.45, 2.75) is 26.7 Å². The number of nitrogens with two attached hydrogens (primary N) is 1. The van der Waals surface area contributed by atoms with Gasteiger partial charge in [-0.2, -0.15) is 10.1 Å². The molecule has 0 fully saturated rings. The minimum atomic E-state index is -0.270. The fourth-order valence-corrected chi connectivity index (χ4v) is 3.04. The van der Waals surface area contributed by atoms with Crippen LogP contribution in [0.3, 0.4) is 0 Å². The summed E-state index contributed by atoms with van der Waals surface area (Å²) in [4.78, 5) is 33.2. The van der Waals surface area contributed by atoms with E-state index in [9.17, 15) is 9.59 Å². The second-order valence-electron chi connectivity index (χ2n) is 6.37. The summed E-state index contributed by atoms with van der Waals surface area (Å²) in [5.74, 6) is 0.0889. The van der Waals surface area contributed by atoms with Crippen LogP contribution in [0.25, 0.3) is 5.78 Å². The van der Waals surface area contributed by atoms with Gasteiger partial charge < -0.3 is 16.4 Å². The molecule has 4 N–H and O–H groups in total. The lowest BCUT2D eigenvalue weighted by Crippen LogP contribution is -2.30. The van der Waals surface area contributed by atoms with Crippen LogP contribution in [0.1, 0.15) is 33.7 Å². The van der Waals surface area contributed by atoms with E-state index < -0.39 is 0 Å². The predicted octanol–water partition coefficient (Wildman–Crippen LogP) is 1.42. The number of anilines is 1. The summed E-state index contributed by atoms with van der Waals surface area (Å²) in [6.45, 7) is 4.55. The molecule has 1 aromatic carbocycles. The van der Waals surface area contributed by atoms with Gasteiger partial charge in [-0.1, -0.05) is 12.1 Å². The summed E-state index contributed by atoms with van der Waals surface area (Å²) in [5.41, 5.74) is 9.00. The summed E-state index contributed by atoms with van der Waals surface area (Å²) < 4.78 is 1.66. The van der Waals surface area contributed by atoms with Gasteiger partial charge in [0.2, 0.25) is 5.91 Å². The number of halogens is 1. The van der Waals surface area contributed by atoms with Crippen molar-refractivity contribution in [3.8, 4) is 0 Å². The molecule has 2 amide bonds. The molecule has 0 bridgehead atoms. The number of hydrogen-bond acceptors (Lipinski definition) is 6. The van der Waals surface area contributed by atoms with Gasteiger partial charge >= 0.3 is 0 Å². The molecule has 3 aromatic rings. The van der Waals surface area contributed by atoms with E-state index in [1.807, 2.05) is 13.8 Å². The van der Waals surface area contributed by atoms with Gasteiger partial charge in [0, 0.05) is 30.9 Å². The SMILES string of the molecule is Cc1nc2ncnn2c(C)c1CCC(=O)Nc1ccccc1C(=O)NCCN.Cl. The minimum Gasteiger partial charge on any atom is -0.351 e. The highest BCUT2D eigenvalue weighted by atomic mass is 35.5. The van der Waals surface area contributed by atoms with Crippen molar-refractivity contribution >= 4 is 35.7 Å². The van der Waals surface area contributed by atoms with E-state index in [0.29, 0.717) is 36.5 Å². The van der Waals surface area contributed by atoms with Crippen LogP contribution in [0.2, 0.25) is 0 Å². The van der Waals surface area contributed by atoms with Crippen molar-refractivity contribution < 1.29 is 9.59 Å². The Kier molecular flexibility index (Phi) is 7.63. The lowest BCUT2D eigenvalue weighted by atomic mass is 10.1. The van der Waals surface area contributed by atoms with Crippen molar-refractivity contribution in [2.75, 3.05) is 18.4 Å². The van der Waals surface area contributed by atoms with Crippen LogP contribution in [-0.4, -0.2) is 44.5 Å². The molecule has 0 aliphatic heterocycles. The van der Waals surface area contributed by atoms with E-state index in [1.54, 1.807) is 28.8 Å². The fourth-order valence-electron chi connectivity index (χ4n) is 3.04. The second-order valence-corrected chi connectivity index (χ2v) is 6.37. The molecule has 2 aromatic heterocycles. The van der Waals surface area contributed by atoms with Crippen LogP contribution >= 0.6 is 12.4 Å². The van der Waals surface area contributed by atoms with E-state index in [1.165, 1.54) is 6.33 Å². The first-order valence-corrected chi connectivity index (χ1v) is 9.04. The number of rotatable bonds is 7. The highest BCUT2D eigenvalue weighted by Gasteiger charge is 2.15. The number of nitrogens with zero attached hydrogens (tertiary/aromatic N) is 4. The largest absolute Gasteiger partial charge is 0.351 e. The summed E-state index contributed by atoms with van der Waals surface area (Å²) in [6, 6.07) is 6.89. The maximum atomic E-state index is 12.5. The molecule has 0 aliphatic rings. The third-order valence-corrected chi connectivity index (χ3v) is 4.47. The smallest absolute Gasteiger partial charge is 0.253 e. The first-order valence-electron chi connectivity index (χ1n) is 9.04. The van der Waals surface area contributed by atoms with E-state index in [4.69, 9.17) is 5.73 Å². The van der Waals surface area contributed by atoms with E-state index in [2.05, 4.69) is 25.7 Å². The minimum absolute atomic E-state index is 0. The molecule has 0 atom stereocenters. The number of nitrogens with one attached hydrogen (secondary N) is 2. The van der Waals surface area contributed by atoms with Gasteiger partial charge in [0.15, 0.2) is 0 Å². The molecule has 29 heavy (non-hydrogen) atoms. The molecule has 0 saturated heterocycles. The monoisotopic (exact) mass is 417 g/mol. The van der Waals surface area contributed by atoms with Gasteiger partial charge in [0.05, 0.1) is 11.3 Å². The maximum Gasteiger partial charge on any atom is 0.253 e. The van der Waals surface area contributed by atoms with Gasteiger partial charge in [-0.15, -0.1) is 12.4 Å². The number of amides is 2. The predicted molar refractivity (Wildman–Crippen MR) is 112 cm³/mol. The Balaban J connectivity index is 0.00000300. The number of fused-ring (bicyclic) bond motifs is 1. The van der Waals surface area contributed by atoms with Gasteiger partial charge in [-0.25, -0.2) is 9.50 Å². The van der Waals surface area contributed by atoms with Crippen molar-refractivity contribution in [3.05, 3.63) is 53.1 Å². The van der Waals surface area contributed by atoms with Crippen molar-refractivity contribution in [3.63, 3.8) is 0 Å². The lowest BCUT2D eigenvalue weighted by molar-refractivity contribution is -0.116. The number of carbonyl (C=O) groups is 2. The normalized spacial score (nSPS) is 10.4. The van der Waals surface area contributed by atoms with E-state index in [-0.39, 0.29) is 30.6 Å². The van der Waals surface area contributed by atoms with Gasteiger partial charge in [-0.05, 0) is 38.0 Å². The quantitative estimate of drug-likeness (QED) is 0.533. The molecular weight excluding hydrogens is 394 g/mol. The van der Waals surface area contributed by atoms with Gasteiger partial charge in [0.25, 0.3) is 11.7 Å². The molecular formula is C19H24ClN7O2. The average Bonchev–Trinajstić information content (AvgIpc) is 3.15. The molecule has 0 spiro atoms. The van der Waals surface area contributed by atoms with Crippen LogP contribution in [0.15, 0.2) is 30.6 Å². The zero-order chi connectivity index (χ0) is 20.1. The highest BCUT2D eigenvalue weighted by Crippen LogP contribution is 2.18. The molecule has 154 valence electrons. The average molecular weight is 418 g/mol. The van der Waals surface area contributed by atoms with Crippen molar-refractivity contribution in [1.82, 2.24) is 24.9 Å². The van der Waals surface area contributed by atoms with Crippen molar-refractivity contribution in [1.29, 1.82) is 0 Å². The van der Waals surface area contributed by atoms with Crippen LogP contribution in [0.5, 0.6) is 0 Å². The molecule has 10 heteroatoms. The molecule has 0 aliphatic carbocycles. The summed E-state index contributed by atoms with van der Waals surface area (Å²) in [6.07, 6.45) is 2.22. The van der Waals surface area contributed by atoms with E-state index >= 15 is 0 Å².